The van der Waals surface area contributed by atoms with Crippen LogP contribution in [0.25, 0.3) is 0 Å². The molecule has 0 aromatic heterocycles. The average Bonchev–Trinajstić information content (AvgIpc) is 2.54. The molecule has 2 rings (SSSR count). The Labute approximate surface area is 124 Å². The molecule has 1 N–H and O–H groups in total. The molecule has 1 heterocycles. The van der Waals surface area contributed by atoms with E-state index in [0.717, 1.165) is 11.1 Å². The summed E-state index contributed by atoms with van der Waals surface area (Å²) in [6.07, 6.45) is 0. The van der Waals surface area contributed by atoms with Gasteiger partial charge in [0, 0.05) is 0 Å². The van der Waals surface area contributed by atoms with E-state index in [1.165, 1.54) is 6.07 Å². The van der Waals surface area contributed by atoms with Crippen LogP contribution in [-0.4, -0.2) is 39.8 Å². The van der Waals surface area contributed by atoms with Crippen molar-refractivity contribution in [2.45, 2.75) is 30.2 Å². The molecular formula is C12H16ClNO4S2. The van der Waals surface area contributed by atoms with E-state index < -0.39 is 31.3 Å². The monoisotopic (exact) mass is 337 g/mol. The zero-order chi connectivity index (χ0) is 15.1. The first-order valence-electron chi connectivity index (χ1n) is 6.05. The van der Waals surface area contributed by atoms with E-state index in [2.05, 4.69) is 4.72 Å². The number of hydrogen-bond donors (Lipinski definition) is 1. The lowest BCUT2D eigenvalue weighted by molar-refractivity contribution is 0.563. The van der Waals surface area contributed by atoms with Gasteiger partial charge in [-0.2, -0.15) is 0 Å². The van der Waals surface area contributed by atoms with Gasteiger partial charge in [-0.1, -0.05) is 6.07 Å². The molecule has 0 unspecified atom stereocenters. The van der Waals surface area contributed by atoms with Gasteiger partial charge in [0.15, 0.2) is 9.84 Å². The molecular weight excluding hydrogens is 322 g/mol. The SMILES string of the molecule is Cc1ccc(S(=O)(=O)N[C@@H]2CS(=O)(=O)C[C@@H]2Cl)cc1C. The van der Waals surface area contributed by atoms with Crippen molar-refractivity contribution in [1.82, 2.24) is 4.72 Å². The number of rotatable bonds is 3. The van der Waals surface area contributed by atoms with E-state index in [1.54, 1.807) is 12.1 Å². The molecule has 1 saturated heterocycles. The smallest absolute Gasteiger partial charge is 0.229 e. The van der Waals surface area contributed by atoms with Gasteiger partial charge in [-0.25, -0.2) is 21.6 Å². The molecule has 5 nitrogen and oxygen atoms in total. The summed E-state index contributed by atoms with van der Waals surface area (Å²) in [6.45, 7) is 3.70. The van der Waals surface area contributed by atoms with E-state index in [4.69, 9.17) is 11.6 Å². The van der Waals surface area contributed by atoms with Crippen molar-refractivity contribution in [2.75, 3.05) is 11.5 Å². The third-order valence-corrected chi connectivity index (χ3v) is 7.24. The van der Waals surface area contributed by atoms with Gasteiger partial charge in [0.25, 0.3) is 0 Å². The maximum Gasteiger partial charge on any atom is 0.240 e. The summed E-state index contributed by atoms with van der Waals surface area (Å²) in [6, 6.07) is 3.99. The second-order valence-corrected chi connectivity index (χ2v) is 9.50. The van der Waals surface area contributed by atoms with Crippen molar-refractivity contribution in [2.24, 2.45) is 0 Å². The lowest BCUT2D eigenvalue weighted by atomic mass is 10.1. The molecule has 1 fully saturated rings. The van der Waals surface area contributed by atoms with E-state index >= 15 is 0 Å². The molecule has 1 aromatic rings. The number of sulfonamides is 1. The van der Waals surface area contributed by atoms with Crippen LogP contribution in [-0.2, 0) is 19.9 Å². The zero-order valence-electron chi connectivity index (χ0n) is 11.1. The summed E-state index contributed by atoms with van der Waals surface area (Å²) < 4.78 is 49.8. The number of benzene rings is 1. The number of alkyl halides is 1. The topological polar surface area (TPSA) is 80.3 Å². The molecule has 0 saturated carbocycles. The maximum atomic E-state index is 12.2. The van der Waals surface area contributed by atoms with Crippen LogP contribution in [0.2, 0.25) is 0 Å². The molecule has 1 aliphatic heterocycles. The first kappa shape index (κ1) is 15.8. The quantitative estimate of drug-likeness (QED) is 0.834. The highest BCUT2D eigenvalue weighted by Crippen LogP contribution is 2.21. The average molecular weight is 338 g/mol. The maximum absolute atomic E-state index is 12.2. The van der Waals surface area contributed by atoms with Crippen LogP contribution < -0.4 is 4.72 Å². The molecule has 2 atom stereocenters. The Morgan fingerprint density at radius 1 is 1.20 bits per heavy atom. The molecule has 1 aliphatic rings. The summed E-state index contributed by atoms with van der Waals surface area (Å²) in [5, 5.41) is -0.735. The molecule has 0 aliphatic carbocycles. The minimum Gasteiger partial charge on any atom is -0.229 e. The Balaban J connectivity index is 2.26. The molecule has 1 aromatic carbocycles. The highest BCUT2D eigenvalue weighted by Gasteiger charge is 2.38. The fraction of sp³-hybridized carbons (Fsp3) is 0.500. The third kappa shape index (κ3) is 3.33. The van der Waals surface area contributed by atoms with Crippen molar-refractivity contribution in [3.63, 3.8) is 0 Å². The van der Waals surface area contributed by atoms with Crippen LogP contribution in [0.3, 0.4) is 0 Å². The number of halogens is 1. The molecule has 0 spiro atoms. The Morgan fingerprint density at radius 2 is 1.85 bits per heavy atom. The van der Waals surface area contributed by atoms with Crippen molar-refractivity contribution >= 4 is 31.5 Å². The molecule has 0 radical (unpaired) electrons. The predicted octanol–water partition coefficient (Wildman–Crippen LogP) is 0.986. The second-order valence-electron chi connectivity index (χ2n) is 5.07. The number of nitrogens with one attached hydrogen (secondary N) is 1. The van der Waals surface area contributed by atoms with E-state index in [9.17, 15) is 16.8 Å². The summed E-state index contributed by atoms with van der Waals surface area (Å²) in [7, 11) is -7.04. The summed E-state index contributed by atoms with van der Waals surface area (Å²) in [4.78, 5) is 0.119. The van der Waals surface area contributed by atoms with Crippen molar-refractivity contribution in [1.29, 1.82) is 0 Å². The second kappa shape index (κ2) is 5.29. The van der Waals surface area contributed by atoms with Gasteiger partial charge >= 0.3 is 0 Å². The first-order chi connectivity index (χ1) is 9.11. The lowest BCUT2D eigenvalue weighted by Gasteiger charge is -2.15. The van der Waals surface area contributed by atoms with Gasteiger partial charge in [0.2, 0.25) is 10.0 Å². The van der Waals surface area contributed by atoms with Crippen LogP contribution in [0.1, 0.15) is 11.1 Å². The Morgan fingerprint density at radius 3 is 2.35 bits per heavy atom. The standard InChI is InChI=1S/C12H16ClNO4S2/c1-8-3-4-10(5-9(8)2)20(17,18)14-12-7-19(15,16)6-11(12)13/h3-5,11-12,14H,6-7H2,1-2H3/t11-,12+/m0/s1. The molecule has 8 heteroatoms. The molecule has 20 heavy (non-hydrogen) atoms. The van der Waals surface area contributed by atoms with E-state index in [0.29, 0.717) is 0 Å². The van der Waals surface area contributed by atoms with E-state index in [1.807, 2.05) is 13.8 Å². The molecule has 0 bridgehead atoms. The van der Waals surface area contributed by atoms with Crippen molar-refractivity contribution < 1.29 is 16.8 Å². The van der Waals surface area contributed by atoms with Crippen LogP contribution in [0, 0.1) is 13.8 Å². The fourth-order valence-electron chi connectivity index (χ4n) is 2.06. The predicted molar refractivity (Wildman–Crippen MR) is 78.3 cm³/mol. The summed E-state index contributed by atoms with van der Waals surface area (Å²) in [5.41, 5.74) is 1.84. The minimum absolute atomic E-state index is 0.119. The normalized spacial score (nSPS) is 25.8. The number of hydrogen-bond acceptors (Lipinski definition) is 4. The van der Waals surface area contributed by atoms with Crippen molar-refractivity contribution in [3.05, 3.63) is 29.3 Å². The van der Waals surface area contributed by atoms with Crippen LogP contribution >= 0.6 is 11.6 Å². The highest BCUT2D eigenvalue weighted by molar-refractivity contribution is 7.92. The number of aryl methyl sites for hydroxylation is 2. The Kier molecular flexibility index (Phi) is 4.17. The Hall–Kier alpha value is -0.630. The van der Waals surface area contributed by atoms with Crippen LogP contribution in [0.4, 0.5) is 0 Å². The zero-order valence-corrected chi connectivity index (χ0v) is 13.5. The van der Waals surface area contributed by atoms with Gasteiger partial charge in [-0.15, -0.1) is 11.6 Å². The summed E-state index contributed by atoms with van der Waals surface area (Å²) >= 11 is 5.91. The van der Waals surface area contributed by atoms with Gasteiger partial charge in [-0.3, -0.25) is 0 Å². The van der Waals surface area contributed by atoms with Crippen LogP contribution in [0.15, 0.2) is 23.1 Å². The van der Waals surface area contributed by atoms with Gasteiger partial charge in [-0.05, 0) is 37.1 Å². The first-order valence-corrected chi connectivity index (χ1v) is 9.79. The van der Waals surface area contributed by atoms with Gasteiger partial charge < -0.3 is 0 Å². The molecule has 0 amide bonds. The number of sulfone groups is 1. The summed E-state index contributed by atoms with van der Waals surface area (Å²) in [5.74, 6) is -0.458. The van der Waals surface area contributed by atoms with Gasteiger partial charge in [0.1, 0.15) is 0 Å². The lowest BCUT2D eigenvalue weighted by Crippen LogP contribution is -2.40. The highest BCUT2D eigenvalue weighted by atomic mass is 35.5. The third-order valence-electron chi connectivity index (χ3n) is 3.38. The van der Waals surface area contributed by atoms with Crippen LogP contribution in [0.5, 0.6) is 0 Å². The van der Waals surface area contributed by atoms with Crippen molar-refractivity contribution in [3.8, 4) is 0 Å². The minimum atomic E-state index is -3.76. The largest absolute Gasteiger partial charge is 0.240 e. The van der Waals surface area contributed by atoms with E-state index in [-0.39, 0.29) is 16.4 Å². The molecule has 112 valence electrons. The Bertz CT molecular complexity index is 728. The van der Waals surface area contributed by atoms with Gasteiger partial charge in [0.05, 0.1) is 27.8 Å². The fourth-order valence-corrected chi connectivity index (χ4v) is 6.15.